The van der Waals surface area contributed by atoms with Crippen molar-refractivity contribution in [2.45, 2.75) is 19.1 Å². The third-order valence-corrected chi connectivity index (χ3v) is 2.16. The van der Waals surface area contributed by atoms with Gasteiger partial charge in [-0.1, -0.05) is 6.07 Å². The van der Waals surface area contributed by atoms with Crippen molar-refractivity contribution >= 4 is 15.9 Å². The monoisotopic (exact) mass is 280 g/mol. The quantitative estimate of drug-likeness (QED) is 0.805. The Bertz CT molecular complexity index is 312. The molecule has 0 saturated carbocycles. The van der Waals surface area contributed by atoms with Crippen molar-refractivity contribution in [1.82, 2.24) is 10.3 Å². The van der Waals surface area contributed by atoms with Gasteiger partial charge in [-0.3, -0.25) is 0 Å². The minimum atomic E-state index is -2.71. The van der Waals surface area contributed by atoms with Gasteiger partial charge in [0.1, 0.15) is 10.7 Å². The smallest absolute Gasteiger partial charge is 0.265 e. The summed E-state index contributed by atoms with van der Waals surface area (Å²) in [6.07, 6.45) is -4.34. The van der Waals surface area contributed by atoms with Crippen LogP contribution in [0.2, 0.25) is 0 Å². The Morgan fingerprint density at radius 2 is 2.20 bits per heavy atom. The standard InChI is InChI=1S/C9H11BrF2N2O/c10-8-3-1-2-6(14-8)4-13-5-7(15)9(11)12/h1-3,7,9,13,15H,4-5H2. The number of nitrogens with zero attached hydrogens (tertiary/aromatic N) is 1. The first-order valence-corrected chi connectivity index (χ1v) is 5.17. The van der Waals surface area contributed by atoms with E-state index in [4.69, 9.17) is 5.11 Å². The van der Waals surface area contributed by atoms with Crippen molar-refractivity contribution in [2.24, 2.45) is 0 Å². The molecule has 0 aliphatic rings. The Morgan fingerprint density at radius 3 is 2.80 bits per heavy atom. The molecule has 0 radical (unpaired) electrons. The van der Waals surface area contributed by atoms with Crippen LogP contribution in [0.25, 0.3) is 0 Å². The number of aromatic nitrogens is 1. The van der Waals surface area contributed by atoms with E-state index in [1.165, 1.54) is 0 Å². The zero-order chi connectivity index (χ0) is 11.3. The zero-order valence-electron chi connectivity index (χ0n) is 7.83. The van der Waals surface area contributed by atoms with E-state index in [1.54, 1.807) is 18.2 Å². The lowest BCUT2D eigenvalue weighted by Crippen LogP contribution is -2.31. The molecule has 2 N–H and O–H groups in total. The van der Waals surface area contributed by atoms with Gasteiger partial charge in [-0.2, -0.15) is 0 Å². The molecule has 0 aliphatic carbocycles. The third-order valence-electron chi connectivity index (χ3n) is 1.72. The van der Waals surface area contributed by atoms with Crippen LogP contribution >= 0.6 is 15.9 Å². The predicted octanol–water partition coefficient (Wildman–Crippen LogP) is 1.56. The number of hydrogen-bond acceptors (Lipinski definition) is 3. The van der Waals surface area contributed by atoms with E-state index in [2.05, 4.69) is 26.2 Å². The fourth-order valence-electron chi connectivity index (χ4n) is 0.986. The van der Waals surface area contributed by atoms with Gasteiger partial charge in [0, 0.05) is 13.1 Å². The molecule has 1 aromatic heterocycles. The normalized spacial score (nSPS) is 13.1. The fraction of sp³-hybridized carbons (Fsp3) is 0.444. The molecule has 15 heavy (non-hydrogen) atoms. The lowest BCUT2D eigenvalue weighted by Gasteiger charge is -2.10. The highest BCUT2D eigenvalue weighted by Gasteiger charge is 2.15. The van der Waals surface area contributed by atoms with Crippen LogP contribution in [0.4, 0.5) is 8.78 Å². The van der Waals surface area contributed by atoms with Crippen LogP contribution in [0.5, 0.6) is 0 Å². The number of aliphatic hydroxyl groups is 1. The summed E-state index contributed by atoms with van der Waals surface area (Å²) in [6.45, 7) is 0.203. The fourth-order valence-corrected chi connectivity index (χ4v) is 1.37. The zero-order valence-corrected chi connectivity index (χ0v) is 9.42. The molecule has 1 heterocycles. The molecule has 0 bridgehead atoms. The number of rotatable bonds is 5. The summed E-state index contributed by atoms with van der Waals surface area (Å²) >= 11 is 3.20. The van der Waals surface area contributed by atoms with E-state index in [9.17, 15) is 8.78 Å². The average Bonchev–Trinajstić information content (AvgIpc) is 2.17. The second kappa shape index (κ2) is 6.09. The second-order valence-electron chi connectivity index (χ2n) is 2.98. The van der Waals surface area contributed by atoms with E-state index in [0.717, 1.165) is 5.69 Å². The number of nitrogens with one attached hydrogen (secondary N) is 1. The highest BCUT2D eigenvalue weighted by molar-refractivity contribution is 9.10. The van der Waals surface area contributed by atoms with Gasteiger partial charge >= 0.3 is 0 Å². The molecule has 1 unspecified atom stereocenters. The van der Waals surface area contributed by atoms with Crippen LogP contribution in [0.1, 0.15) is 5.69 Å². The van der Waals surface area contributed by atoms with Crippen molar-refractivity contribution in [2.75, 3.05) is 6.54 Å². The van der Waals surface area contributed by atoms with E-state index in [0.29, 0.717) is 11.1 Å². The number of halogens is 3. The molecular formula is C9H11BrF2N2O. The molecule has 1 rings (SSSR count). The van der Waals surface area contributed by atoms with Crippen LogP contribution in [-0.2, 0) is 6.54 Å². The number of alkyl halides is 2. The predicted molar refractivity (Wildman–Crippen MR) is 55.7 cm³/mol. The first kappa shape index (κ1) is 12.5. The Hall–Kier alpha value is -0.590. The molecule has 0 aromatic carbocycles. The topological polar surface area (TPSA) is 45.1 Å². The third kappa shape index (κ3) is 4.63. The SMILES string of the molecule is OC(CNCc1cccc(Br)n1)C(F)F. The summed E-state index contributed by atoms with van der Waals surface area (Å²) in [5.41, 5.74) is 0.728. The molecule has 6 heteroatoms. The molecule has 0 spiro atoms. The van der Waals surface area contributed by atoms with Gasteiger partial charge in [-0.05, 0) is 28.1 Å². The van der Waals surface area contributed by atoms with Gasteiger partial charge in [-0.25, -0.2) is 13.8 Å². The highest BCUT2D eigenvalue weighted by atomic mass is 79.9. The van der Waals surface area contributed by atoms with Crippen LogP contribution < -0.4 is 5.32 Å². The highest BCUT2D eigenvalue weighted by Crippen LogP contribution is 2.06. The Morgan fingerprint density at radius 1 is 1.47 bits per heavy atom. The van der Waals surface area contributed by atoms with E-state index < -0.39 is 12.5 Å². The first-order chi connectivity index (χ1) is 7.09. The molecule has 3 nitrogen and oxygen atoms in total. The van der Waals surface area contributed by atoms with Crippen molar-refractivity contribution in [1.29, 1.82) is 0 Å². The summed E-state index contributed by atoms with van der Waals surface area (Å²) < 4.78 is 24.5. The van der Waals surface area contributed by atoms with Gasteiger partial charge in [0.25, 0.3) is 6.43 Å². The molecule has 0 fully saturated rings. The maximum Gasteiger partial charge on any atom is 0.265 e. The Labute approximate surface area is 94.7 Å². The molecule has 84 valence electrons. The summed E-state index contributed by atoms with van der Waals surface area (Å²) in [5, 5.41) is 11.5. The maximum atomic E-state index is 11.9. The van der Waals surface area contributed by atoms with Crippen molar-refractivity contribution in [3.63, 3.8) is 0 Å². The number of pyridine rings is 1. The van der Waals surface area contributed by atoms with Gasteiger partial charge in [-0.15, -0.1) is 0 Å². The minimum Gasteiger partial charge on any atom is -0.386 e. The summed E-state index contributed by atoms with van der Waals surface area (Å²) in [6, 6.07) is 5.35. The molecular weight excluding hydrogens is 270 g/mol. The van der Waals surface area contributed by atoms with Crippen LogP contribution in [-0.4, -0.2) is 29.2 Å². The molecule has 0 amide bonds. The molecule has 1 aromatic rings. The van der Waals surface area contributed by atoms with E-state index in [-0.39, 0.29) is 6.54 Å². The van der Waals surface area contributed by atoms with Crippen molar-refractivity contribution < 1.29 is 13.9 Å². The molecule has 1 atom stereocenters. The van der Waals surface area contributed by atoms with Gasteiger partial charge in [0.15, 0.2) is 0 Å². The Kier molecular flexibility index (Phi) is 5.07. The van der Waals surface area contributed by atoms with Gasteiger partial charge in [0.2, 0.25) is 0 Å². The van der Waals surface area contributed by atoms with Gasteiger partial charge < -0.3 is 10.4 Å². The minimum absolute atomic E-state index is 0.147. The van der Waals surface area contributed by atoms with Crippen molar-refractivity contribution in [3.05, 3.63) is 28.5 Å². The lowest BCUT2D eigenvalue weighted by molar-refractivity contribution is -0.00344. The maximum absolute atomic E-state index is 11.9. The largest absolute Gasteiger partial charge is 0.386 e. The summed E-state index contributed by atoms with van der Waals surface area (Å²) in [5.74, 6) is 0. The summed E-state index contributed by atoms with van der Waals surface area (Å²) in [4.78, 5) is 4.10. The second-order valence-corrected chi connectivity index (χ2v) is 3.80. The molecule has 0 aliphatic heterocycles. The van der Waals surface area contributed by atoms with Gasteiger partial charge in [0.05, 0.1) is 5.69 Å². The van der Waals surface area contributed by atoms with E-state index in [1.807, 2.05) is 0 Å². The van der Waals surface area contributed by atoms with Crippen LogP contribution in [0.15, 0.2) is 22.8 Å². The average molecular weight is 281 g/mol. The number of aliphatic hydroxyl groups excluding tert-OH is 1. The first-order valence-electron chi connectivity index (χ1n) is 4.38. The van der Waals surface area contributed by atoms with E-state index >= 15 is 0 Å². The van der Waals surface area contributed by atoms with Crippen LogP contribution in [0.3, 0.4) is 0 Å². The van der Waals surface area contributed by atoms with Crippen molar-refractivity contribution in [3.8, 4) is 0 Å². The summed E-state index contributed by atoms with van der Waals surface area (Å²) in [7, 11) is 0. The lowest BCUT2D eigenvalue weighted by atomic mass is 10.3. The number of hydrogen-bond donors (Lipinski definition) is 2. The van der Waals surface area contributed by atoms with Crippen LogP contribution in [0, 0.1) is 0 Å². The Balaban J connectivity index is 2.32. The molecule has 0 saturated heterocycles.